The zero-order chi connectivity index (χ0) is 8.97. The smallest absolute Gasteiger partial charge is 0.0636 e. The van der Waals surface area contributed by atoms with Crippen molar-refractivity contribution < 1.29 is 10.2 Å². The largest absolute Gasteiger partial charge is 0.396 e. The van der Waals surface area contributed by atoms with E-state index in [1.54, 1.807) is 6.92 Å². The van der Waals surface area contributed by atoms with Gasteiger partial charge in [-0.05, 0) is 25.7 Å². The number of nitrogens with one attached hydrogen (secondary N) is 1. The van der Waals surface area contributed by atoms with Gasteiger partial charge in [0.05, 0.1) is 6.10 Å². The van der Waals surface area contributed by atoms with Crippen molar-refractivity contribution in [2.75, 3.05) is 13.2 Å². The van der Waals surface area contributed by atoms with E-state index in [0.29, 0.717) is 18.5 Å². The van der Waals surface area contributed by atoms with E-state index in [-0.39, 0.29) is 12.7 Å². The van der Waals surface area contributed by atoms with Crippen LogP contribution in [0.15, 0.2) is 0 Å². The zero-order valence-corrected chi connectivity index (χ0v) is 7.66. The van der Waals surface area contributed by atoms with Crippen LogP contribution in [0, 0.1) is 5.92 Å². The standard InChI is InChI=1S/C9H19NO2/c1-7(12)5-10-9-4-2-3-8(9)6-11/h7-12H,2-6H2,1H3/t7-,8?,9?/m0/s1. The lowest BCUT2D eigenvalue weighted by Gasteiger charge is -2.19. The lowest BCUT2D eigenvalue weighted by Crippen LogP contribution is -2.38. The van der Waals surface area contributed by atoms with E-state index in [0.717, 1.165) is 12.8 Å². The summed E-state index contributed by atoms with van der Waals surface area (Å²) >= 11 is 0. The van der Waals surface area contributed by atoms with Gasteiger partial charge in [0.1, 0.15) is 0 Å². The first kappa shape index (κ1) is 9.96. The Labute approximate surface area is 73.8 Å². The molecule has 0 saturated heterocycles. The molecule has 0 aliphatic heterocycles. The molecule has 1 fully saturated rings. The summed E-state index contributed by atoms with van der Waals surface area (Å²) in [7, 11) is 0. The molecule has 3 N–H and O–H groups in total. The average molecular weight is 173 g/mol. The molecule has 0 aromatic heterocycles. The number of aliphatic hydroxyl groups excluding tert-OH is 2. The number of aliphatic hydroxyl groups is 2. The Bertz CT molecular complexity index is 128. The Morgan fingerprint density at radius 3 is 2.83 bits per heavy atom. The number of hydrogen-bond acceptors (Lipinski definition) is 3. The fourth-order valence-corrected chi connectivity index (χ4v) is 1.85. The van der Waals surface area contributed by atoms with Crippen molar-refractivity contribution in [3.63, 3.8) is 0 Å². The summed E-state index contributed by atoms with van der Waals surface area (Å²) in [4.78, 5) is 0. The molecule has 2 unspecified atom stereocenters. The van der Waals surface area contributed by atoms with Crippen molar-refractivity contribution >= 4 is 0 Å². The van der Waals surface area contributed by atoms with Gasteiger partial charge in [0.25, 0.3) is 0 Å². The van der Waals surface area contributed by atoms with Crippen LogP contribution in [0.5, 0.6) is 0 Å². The summed E-state index contributed by atoms with van der Waals surface area (Å²) in [6, 6.07) is 0.421. The first-order chi connectivity index (χ1) is 5.74. The van der Waals surface area contributed by atoms with E-state index in [2.05, 4.69) is 5.32 Å². The van der Waals surface area contributed by atoms with E-state index in [4.69, 9.17) is 10.2 Å². The summed E-state index contributed by atoms with van der Waals surface area (Å²) in [5.74, 6) is 0.406. The van der Waals surface area contributed by atoms with Crippen molar-refractivity contribution in [2.45, 2.75) is 38.3 Å². The second kappa shape index (κ2) is 4.80. The molecule has 0 heterocycles. The van der Waals surface area contributed by atoms with E-state index in [1.165, 1.54) is 6.42 Å². The molecule has 1 rings (SSSR count). The van der Waals surface area contributed by atoms with Crippen molar-refractivity contribution in [3.8, 4) is 0 Å². The Morgan fingerprint density at radius 2 is 2.25 bits per heavy atom. The van der Waals surface area contributed by atoms with Gasteiger partial charge >= 0.3 is 0 Å². The van der Waals surface area contributed by atoms with E-state index < -0.39 is 0 Å². The Kier molecular flexibility index (Phi) is 3.98. The molecule has 12 heavy (non-hydrogen) atoms. The molecule has 1 saturated carbocycles. The van der Waals surface area contributed by atoms with Gasteiger partial charge in [-0.1, -0.05) is 6.42 Å². The van der Waals surface area contributed by atoms with Gasteiger partial charge < -0.3 is 15.5 Å². The molecule has 0 spiro atoms. The first-order valence-corrected chi connectivity index (χ1v) is 4.76. The van der Waals surface area contributed by atoms with Crippen LogP contribution in [0.4, 0.5) is 0 Å². The van der Waals surface area contributed by atoms with Crippen LogP contribution in [0.25, 0.3) is 0 Å². The molecule has 3 heteroatoms. The van der Waals surface area contributed by atoms with Gasteiger partial charge in [-0.2, -0.15) is 0 Å². The van der Waals surface area contributed by atoms with Crippen LogP contribution >= 0.6 is 0 Å². The van der Waals surface area contributed by atoms with Crippen LogP contribution < -0.4 is 5.32 Å². The van der Waals surface area contributed by atoms with Crippen LogP contribution in [0.3, 0.4) is 0 Å². The number of hydrogen-bond donors (Lipinski definition) is 3. The molecule has 0 amide bonds. The average Bonchev–Trinajstić information content (AvgIpc) is 2.47. The minimum absolute atomic E-state index is 0.275. The molecule has 0 aromatic rings. The van der Waals surface area contributed by atoms with E-state index in [9.17, 15) is 0 Å². The molecule has 0 bridgehead atoms. The molecule has 3 atom stereocenters. The second-order valence-electron chi connectivity index (χ2n) is 3.74. The maximum Gasteiger partial charge on any atom is 0.0636 e. The quantitative estimate of drug-likeness (QED) is 0.566. The second-order valence-corrected chi connectivity index (χ2v) is 3.74. The van der Waals surface area contributed by atoms with Gasteiger partial charge in [-0.25, -0.2) is 0 Å². The van der Waals surface area contributed by atoms with Crippen molar-refractivity contribution in [1.29, 1.82) is 0 Å². The maximum absolute atomic E-state index is 9.05. The maximum atomic E-state index is 9.05. The lowest BCUT2D eigenvalue weighted by atomic mass is 10.1. The van der Waals surface area contributed by atoms with Gasteiger partial charge in [-0.15, -0.1) is 0 Å². The third-order valence-corrected chi connectivity index (χ3v) is 2.57. The van der Waals surface area contributed by atoms with Crippen LogP contribution in [-0.4, -0.2) is 35.5 Å². The fourth-order valence-electron chi connectivity index (χ4n) is 1.85. The van der Waals surface area contributed by atoms with Gasteiger partial charge in [0, 0.05) is 19.2 Å². The molecule has 0 aromatic carbocycles. The highest BCUT2D eigenvalue weighted by molar-refractivity contribution is 4.82. The third kappa shape index (κ3) is 2.73. The highest BCUT2D eigenvalue weighted by Gasteiger charge is 2.25. The molecule has 1 aliphatic carbocycles. The molecule has 1 aliphatic rings. The molecule has 0 radical (unpaired) electrons. The predicted octanol–water partition coefficient (Wildman–Crippen LogP) is 0.118. The molecular weight excluding hydrogens is 154 g/mol. The van der Waals surface area contributed by atoms with Crippen LogP contribution in [0.2, 0.25) is 0 Å². The zero-order valence-electron chi connectivity index (χ0n) is 7.66. The van der Waals surface area contributed by atoms with Crippen molar-refractivity contribution in [1.82, 2.24) is 5.32 Å². The molecule has 72 valence electrons. The van der Waals surface area contributed by atoms with Crippen molar-refractivity contribution in [3.05, 3.63) is 0 Å². The minimum atomic E-state index is -0.287. The minimum Gasteiger partial charge on any atom is -0.396 e. The van der Waals surface area contributed by atoms with Gasteiger partial charge in [0.15, 0.2) is 0 Å². The lowest BCUT2D eigenvalue weighted by molar-refractivity contribution is 0.166. The van der Waals surface area contributed by atoms with Gasteiger partial charge in [0.2, 0.25) is 0 Å². The number of rotatable bonds is 4. The topological polar surface area (TPSA) is 52.5 Å². The van der Waals surface area contributed by atoms with E-state index in [1.807, 2.05) is 0 Å². The Balaban J connectivity index is 2.21. The van der Waals surface area contributed by atoms with Crippen LogP contribution in [-0.2, 0) is 0 Å². The monoisotopic (exact) mass is 173 g/mol. The highest BCUT2D eigenvalue weighted by Crippen LogP contribution is 2.24. The highest BCUT2D eigenvalue weighted by atomic mass is 16.3. The summed E-state index contributed by atoms with van der Waals surface area (Å²) < 4.78 is 0. The summed E-state index contributed by atoms with van der Waals surface area (Å²) in [6.07, 6.45) is 3.17. The van der Waals surface area contributed by atoms with Crippen LogP contribution in [0.1, 0.15) is 26.2 Å². The third-order valence-electron chi connectivity index (χ3n) is 2.57. The SMILES string of the molecule is C[C@H](O)CNC1CCCC1CO. The Morgan fingerprint density at radius 1 is 1.50 bits per heavy atom. The normalized spacial score (nSPS) is 32.2. The first-order valence-electron chi connectivity index (χ1n) is 4.76. The van der Waals surface area contributed by atoms with Gasteiger partial charge in [-0.3, -0.25) is 0 Å². The summed E-state index contributed by atoms with van der Waals surface area (Å²) in [5.41, 5.74) is 0. The fraction of sp³-hybridized carbons (Fsp3) is 1.00. The molecular formula is C9H19NO2. The summed E-state index contributed by atoms with van der Waals surface area (Å²) in [5, 5.41) is 21.3. The molecule has 3 nitrogen and oxygen atoms in total. The Hall–Kier alpha value is -0.120. The van der Waals surface area contributed by atoms with Crippen molar-refractivity contribution in [2.24, 2.45) is 5.92 Å². The van der Waals surface area contributed by atoms with E-state index >= 15 is 0 Å². The predicted molar refractivity (Wildman–Crippen MR) is 47.9 cm³/mol. The summed E-state index contributed by atoms with van der Waals surface area (Å²) in [6.45, 7) is 2.69.